The van der Waals surface area contributed by atoms with E-state index >= 15 is 0 Å². The zero-order valence-corrected chi connectivity index (χ0v) is 11.3. The van der Waals surface area contributed by atoms with Crippen LogP contribution in [0.3, 0.4) is 0 Å². The van der Waals surface area contributed by atoms with Crippen LogP contribution in [0.25, 0.3) is 0 Å². The van der Waals surface area contributed by atoms with Gasteiger partial charge < -0.3 is 9.84 Å². The highest BCUT2D eigenvalue weighted by Crippen LogP contribution is 2.17. The van der Waals surface area contributed by atoms with E-state index in [0.717, 1.165) is 24.2 Å². The highest BCUT2D eigenvalue weighted by atomic mass is 32.1. The van der Waals surface area contributed by atoms with E-state index in [0.29, 0.717) is 6.42 Å². The number of methoxy groups -OCH3 is 1. The number of ether oxygens (including phenoxy) is 1. The van der Waals surface area contributed by atoms with Crippen molar-refractivity contribution in [2.45, 2.75) is 25.4 Å². The lowest BCUT2D eigenvalue weighted by molar-refractivity contribution is 0.165. The minimum Gasteiger partial charge on any atom is -0.497 e. The average molecular weight is 262 g/mol. The summed E-state index contributed by atoms with van der Waals surface area (Å²) in [6.07, 6.45) is 2.14. The first-order chi connectivity index (χ1) is 8.78. The quantitative estimate of drug-likeness (QED) is 0.865. The summed E-state index contributed by atoms with van der Waals surface area (Å²) < 4.78 is 5.18. The van der Waals surface area contributed by atoms with Crippen molar-refractivity contribution < 1.29 is 9.84 Å². The molecule has 18 heavy (non-hydrogen) atoms. The second-order valence-corrected chi connectivity index (χ2v) is 5.36. The molecule has 0 amide bonds. The van der Waals surface area contributed by atoms with Crippen molar-refractivity contribution in [3.8, 4) is 5.75 Å². The molecule has 0 saturated heterocycles. The highest BCUT2D eigenvalue weighted by Gasteiger charge is 2.07. The monoisotopic (exact) mass is 262 g/mol. The molecule has 0 radical (unpaired) electrons. The Hall–Kier alpha value is -1.32. The van der Waals surface area contributed by atoms with Crippen molar-refractivity contribution in [1.29, 1.82) is 0 Å². The molecule has 96 valence electrons. The Labute approximate surface area is 112 Å². The fourth-order valence-electron chi connectivity index (χ4n) is 1.94. The zero-order chi connectivity index (χ0) is 12.8. The van der Waals surface area contributed by atoms with Gasteiger partial charge in [0.05, 0.1) is 13.2 Å². The maximum absolute atomic E-state index is 10.0. The maximum Gasteiger partial charge on any atom is 0.119 e. The number of aliphatic hydroxyl groups is 1. The van der Waals surface area contributed by atoms with E-state index in [9.17, 15) is 5.11 Å². The molecule has 0 aliphatic heterocycles. The van der Waals surface area contributed by atoms with Crippen LogP contribution >= 0.6 is 11.3 Å². The Bertz CT molecular complexity index is 465. The van der Waals surface area contributed by atoms with Crippen molar-refractivity contribution >= 4 is 11.3 Å². The second kappa shape index (κ2) is 6.57. The minimum absolute atomic E-state index is 0.292. The lowest BCUT2D eigenvalue weighted by Crippen LogP contribution is -2.11. The summed E-state index contributed by atoms with van der Waals surface area (Å²) in [4.78, 5) is 1.33. The topological polar surface area (TPSA) is 29.5 Å². The molecule has 1 unspecified atom stereocenters. The molecular formula is C15H18O2S. The summed E-state index contributed by atoms with van der Waals surface area (Å²) in [6, 6.07) is 12.0. The van der Waals surface area contributed by atoms with Crippen molar-refractivity contribution in [3.63, 3.8) is 0 Å². The average Bonchev–Trinajstić information content (AvgIpc) is 2.90. The standard InChI is InChI=1S/C15H18O2S/c1-17-14-5-2-4-12(11-14)10-13(16)7-8-15-6-3-9-18-15/h2-6,9,11,13,16H,7-8,10H2,1H3. The molecule has 2 nitrogen and oxygen atoms in total. The van der Waals surface area contributed by atoms with Gasteiger partial charge in [0.25, 0.3) is 0 Å². The van der Waals surface area contributed by atoms with Gasteiger partial charge in [0.2, 0.25) is 0 Å². The van der Waals surface area contributed by atoms with Crippen LogP contribution in [0.2, 0.25) is 0 Å². The van der Waals surface area contributed by atoms with Gasteiger partial charge in [-0.1, -0.05) is 18.2 Å². The number of hydrogen-bond donors (Lipinski definition) is 1. The second-order valence-electron chi connectivity index (χ2n) is 4.33. The fourth-order valence-corrected chi connectivity index (χ4v) is 2.66. The molecule has 1 aromatic carbocycles. The van der Waals surface area contributed by atoms with Crippen LogP contribution in [-0.2, 0) is 12.8 Å². The molecular weight excluding hydrogens is 244 g/mol. The SMILES string of the molecule is COc1cccc(CC(O)CCc2cccs2)c1. The Morgan fingerprint density at radius 3 is 2.89 bits per heavy atom. The summed E-state index contributed by atoms with van der Waals surface area (Å²) in [5.41, 5.74) is 1.12. The molecule has 1 aromatic heterocycles. The van der Waals surface area contributed by atoms with Crippen molar-refractivity contribution in [2.75, 3.05) is 7.11 Å². The molecule has 1 atom stereocenters. The van der Waals surface area contributed by atoms with Gasteiger partial charge in [0.15, 0.2) is 0 Å². The van der Waals surface area contributed by atoms with E-state index in [1.807, 2.05) is 24.3 Å². The third-order valence-electron chi connectivity index (χ3n) is 2.91. The third-order valence-corrected chi connectivity index (χ3v) is 3.85. The molecule has 0 bridgehead atoms. The van der Waals surface area contributed by atoms with Crippen LogP contribution in [0.4, 0.5) is 0 Å². The number of aryl methyl sites for hydroxylation is 1. The number of rotatable bonds is 6. The van der Waals surface area contributed by atoms with Crippen molar-refractivity contribution in [1.82, 2.24) is 0 Å². The summed E-state index contributed by atoms with van der Waals surface area (Å²) in [7, 11) is 1.66. The van der Waals surface area contributed by atoms with Gasteiger partial charge in [-0.15, -0.1) is 11.3 Å². The summed E-state index contributed by atoms with van der Waals surface area (Å²) in [6.45, 7) is 0. The first-order valence-electron chi connectivity index (χ1n) is 6.11. The largest absolute Gasteiger partial charge is 0.497 e. The summed E-state index contributed by atoms with van der Waals surface area (Å²) >= 11 is 1.75. The molecule has 2 rings (SSSR count). The van der Waals surface area contributed by atoms with Gasteiger partial charge in [-0.05, 0) is 48.4 Å². The lowest BCUT2D eigenvalue weighted by atomic mass is 10.0. The number of thiophene rings is 1. The minimum atomic E-state index is -0.292. The molecule has 3 heteroatoms. The fraction of sp³-hybridized carbons (Fsp3) is 0.333. The zero-order valence-electron chi connectivity index (χ0n) is 10.5. The number of benzene rings is 1. The molecule has 0 saturated carbocycles. The van der Waals surface area contributed by atoms with E-state index in [2.05, 4.69) is 17.5 Å². The highest BCUT2D eigenvalue weighted by molar-refractivity contribution is 7.09. The van der Waals surface area contributed by atoms with E-state index in [1.165, 1.54) is 4.88 Å². The predicted molar refractivity (Wildman–Crippen MR) is 75.3 cm³/mol. The van der Waals surface area contributed by atoms with E-state index < -0.39 is 0 Å². The van der Waals surface area contributed by atoms with Gasteiger partial charge in [-0.25, -0.2) is 0 Å². The molecule has 0 aliphatic carbocycles. The lowest BCUT2D eigenvalue weighted by Gasteiger charge is -2.10. The van der Waals surface area contributed by atoms with Crippen LogP contribution in [0.15, 0.2) is 41.8 Å². The van der Waals surface area contributed by atoms with Gasteiger partial charge in [0, 0.05) is 4.88 Å². The van der Waals surface area contributed by atoms with Crippen LogP contribution in [0.1, 0.15) is 16.9 Å². The molecule has 0 fully saturated rings. The van der Waals surface area contributed by atoms with Crippen LogP contribution in [0, 0.1) is 0 Å². The molecule has 1 heterocycles. The van der Waals surface area contributed by atoms with Gasteiger partial charge in [0.1, 0.15) is 5.75 Å². The predicted octanol–water partition coefficient (Wildman–Crippen LogP) is 3.29. The smallest absolute Gasteiger partial charge is 0.119 e. The van der Waals surface area contributed by atoms with E-state index in [-0.39, 0.29) is 6.10 Å². The Kier molecular flexibility index (Phi) is 4.79. The first kappa shape index (κ1) is 13.1. The van der Waals surface area contributed by atoms with Crippen LogP contribution in [-0.4, -0.2) is 18.3 Å². The summed E-state index contributed by atoms with van der Waals surface area (Å²) in [5.74, 6) is 0.845. The van der Waals surface area contributed by atoms with Gasteiger partial charge >= 0.3 is 0 Å². The van der Waals surface area contributed by atoms with Gasteiger partial charge in [-0.3, -0.25) is 0 Å². The molecule has 1 N–H and O–H groups in total. The molecule has 2 aromatic rings. The maximum atomic E-state index is 10.0. The molecule has 0 spiro atoms. The Morgan fingerprint density at radius 2 is 2.17 bits per heavy atom. The number of hydrogen-bond acceptors (Lipinski definition) is 3. The normalized spacial score (nSPS) is 12.3. The number of aliphatic hydroxyl groups excluding tert-OH is 1. The van der Waals surface area contributed by atoms with E-state index in [4.69, 9.17) is 4.74 Å². The van der Waals surface area contributed by atoms with Crippen molar-refractivity contribution in [2.24, 2.45) is 0 Å². The first-order valence-corrected chi connectivity index (χ1v) is 6.99. The van der Waals surface area contributed by atoms with Crippen molar-refractivity contribution in [3.05, 3.63) is 52.2 Å². The van der Waals surface area contributed by atoms with Gasteiger partial charge in [-0.2, -0.15) is 0 Å². The van der Waals surface area contributed by atoms with E-state index in [1.54, 1.807) is 18.4 Å². The van der Waals surface area contributed by atoms with Crippen LogP contribution < -0.4 is 4.74 Å². The molecule has 0 aliphatic rings. The Morgan fingerprint density at radius 1 is 1.28 bits per heavy atom. The van der Waals surface area contributed by atoms with Crippen LogP contribution in [0.5, 0.6) is 5.75 Å². The third kappa shape index (κ3) is 3.86. The Balaban J connectivity index is 1.84. The summed E-state index contributed by atoms with van der Waals surface area (Å²) in [5, 5.41) is 12.1.